The summed E-state index contributed by atoms with van der Waals surface area (Å²) in [7, 11) is 0. The van der Waals surface area contributed by atoms with Gasteiger partial charge in [0, 0.05) is 29.6 Å². The van der Waals surface area contributed by atoms with Crippen LogP contribution in [-0.4, -0.2) is 23.2 Å². The molecule has 3 rings (SSSR count). The number of hydrogen-bond acceptors (Lipinski definition) is 6. The fraction of sp³-hybridized carbons (Fsp3) is 0.278. The number of halogens is 1. The first-order valence-electron chi connectivity index (χ1n) is 8.08. The van der Waals surface area contributed by atoms with E-state index in [0.717, 1.165) is 22.0 Å². The highest BCUT2D eigenvalue weighted by molar-refractivity contribution is 7.18. The van der Waals surface area contributed by atoms with Gasteiger partial charge in [-0.1, -0.05) is 11.6 Å². The van der Waals surface area contributed by atoms with E-state index >= 15 is 0 Å². The lowest BCUT2D eigenvalue weighted by Gasteiger charge is -2.03. The fourth-order valence-electron chi connectivity index (χ4n) is 2.35. The number of nitrogens with zero attached hydrogens (tertiary/aromatic N) is 1. The summed E-state index contributed by atoms with van der Waals surface area (Å²) < 4.78 is 0.584. The first-order chi connectivity index (χ1) is 12.5. The molecule has 4 nitrogen and oxygen atoms in total. The average molecular weight is 425 g/mol. The van der Waals surface area contributed by atoms with E-state index in [2.05, 4.69) is 27.8 Å². The van der Waals surface area contributed by atoms with Crippen LogP contribution in [0.2, 0.25) is 4.34 Å². The molecule has 0 radical (unpaired) electrons. The molecule has 0 aromatic carbocycles. The number of hydrogen-bond donors (Lipinski definition) is 1. The van der Waals surface area contributed by atoms with E-state index in [1.165, 1.54) is 16.2 Å². The van der Waals surface area contributed by atoms with E-state index in [1.807, 2.05) is 6.92 Å². The van der Waals surface area contributed by atoms with E-state index < -0.39 is 0 Å². The van der Waals surface area contributed by atoms with Crippen molar-refractivity contribution in [2.24, 2.45) is 0 Å². The van der Waals surface area contributed by atoms with Gasteiger partial charge >= 0.3 is 0 Å². The largest absolute Gasteiger partial charge is 0.356 e. The number of rotatable bonds is 8. The molecule has 0 saturated carbocycles. The number of amides is 1. The SMILES string of the molecule is Cc1nc(-c2ccc(CCNC(=O)CCC(=O)c3ccc(Cl)s3)s2)cs1. The molecule has 1 N–H and O–H groups in total. The Bertz CT molecular complexity index is 913. The van der Waals surface area contributed by atoms with E-state index in [4.69, 9.17) is 11.6 Å². The summed E-state index contributed by atoms with van der Waals surface area (Å²) in [6, 6.07) is 7.54. The van der Waals surface area contributed by atoms with Crippen LogP contribution >= 0.6 is 45.6 Å². The minimum Gasteiger partial charge on any atom is -0.356 e. The lowest BCUT2D eigenvalue weighted by Crippen LogP contribution is -2.25. The summed E-state index contributed by atoms with van der Waals surface area (Å²) in [4.78, 5) is 31.3. The highest BCUT2D eigenvalue weighted by atomic mass is 35.5. The van der Waals surface area contributed by atoms with Gasteiger partial charge in [0.15, 0.2) is 5.78 Å². The number of thiophene rings is 2. The quantitative estimate of drug-likeness (QED) is 0.504. The van der Waals surface area contributed by atoms with Gasteiger partial charge in [0.2, 0.25) is 5.91 Å². The zero-order chi connectivity index (χ0) is 18.5. The van der Waals surface area contributed by atoms with Gasteiger partial charge in [0.1, 0.15) is 0 Å². The van der Waals surface area contributed by atoms with Crippen molar-refractivity contribution in [3.63, 3.8) is 0 Å². The molecule has 0 spiro atoms. The van der Waals surface area contributed by atoms with Crippen molar-refractivity contribution < 1.29 is 9.59 Å². The summed E-state index contributed by atoms with van der Waals surface area (Å²) in [5, 5.41) is 5.99. The van der Waals surface area contributed by atoms with Crippen LogP contribution in [0.5, 0.6) is 0 Å². The van der Waals surface area contributed by atoms with Crippen molar-refractivity contribution in [1.82, 2.24) is 10.3 Å². The molecule has 0 aliphatic heterocycles. The minimum absolute atomic E-state index is 0.0431. The molecule has 26 heavy (non-hydrogen) atoms. The zero-order valence-corrected chi connectivity index (χ0v) is 17.3. The number of ketones is 1. The van der Waals surface area contributed by atoms with Crippen molar-refractivity contribution in [2.75, 3.05) is 6.54 Å². The lowest BCUT2D eigenvalue weighted by atomic mass is 10.2. The highest BCUT2D eigenvalue weighted by Gasteiger charge is 2.11. The van der Waals surface area contributed by atoms with Crippen molar-refractivity contribution in [1.29, 1.82) is 0 Å². The second-order valence-corrected chi connectivity index (χ2v) is 9.59. The minimum atomic E-state index is -0.104. The van der Waals surface area contributed by atoms with Gasteiger partial charge in [0.25, 0.3) is 0 Å². The summed E-state index contributed by atoms with van der Waals surface area (Å²) in [5.41, 5.74) is 1.01. The molecule has 0 bridgehead atoms. The highest BCUT2D eigenvalue weighted by Crippen LogP contribution is 2.29. The molecule has 136 valence electrons. The number of carbonyl (C=O) groups is 2. The van der Waals surface area contributed by atoms with Crippen molar-refractivity contribution in [3.05, 3.63) is 48.7 Å². The van der Waals surface area contributed by atoms with Crippen LogP contribution in [0.4, 0.5) is 0 Å². The number of Topliss-reactive ketones (excluding diaryl/α,β-unsaturated/α-hetero) is 1. The molecule has 1 amide bonds. The summed E-state index contributed by atoms with van der Waals surface area (Å²) in [5.74, 6) is -0.147. The van der Waals surface area contributed by atoms with Crippen LogP contribution in [0, 0.1) is 6.92 Å². The fourth-order valence-corrected chi connectivity index (χ4v) is 5.02. The molecule has 0 saturated heterocycles. The summed E-state index contributed by atoms with van der Waals surface area (Å²) >= 11 is 10.4. The molecule has 0 unspecified atom stereocenters. The first-order valence-corrected chi connectivity index (χ1v) is 11.0. The van der Waals surface area contributed by atoms with Gasteiger partial charge in [-0.3, -0.25) is 9.59 Å². The molecule has 3 aromatic rings. The third-order valence-electron chi connectivity index (χ3n) is 3.65. The molecule has 3 heterocycles. The van der Waals surface area contributed by atoms with Crippen LogP contribution in [0.3, 0.4) is 0 Å². The molecule has 0 aliphatic rings. The Balaban J connectivity index is 1.40. The third-order valence-corrected chi connectivity index (χ3v) is 6.87. The van der Waals surface area contributed by atoms with Gasteiger partial charge in [-0.15, -0.1) is 34.0 Å². The number of aryl methyl sites for hydroxylation is 1. The van der Waals surface area contributed by atoms with E-state index in [0.29, 0.717) is 15.8 Å². The van der Waals surface area contributed by atoms with Crippen LogP contribution in [0.25, 0.3) is 10.6 Å². The number of carbonyl (C=O) groups excluding carboxylic acids is 2. The average Bonchev–Trinajstić information content (AvgIpc) is 3.34. The van der Waals surface area contributed by atoms with Crippen LogP contribution in [-0.2, 0) is 11.2 Å². The lowest BCUT2D eigenvalue weighted by molar-refractivity contribution is -0.121. The molecule has 0 atom stereocenters. The van der Waals surface area contributed by atoms with E-state index in [1.54, 1.807) is 34.8 Å². The van der Waals surface area contributed by atoms with Gasteiger partial charge in [-0.05, 0) is 37.6 Å². The first kappa shape index (κ1) is 19.2. The van der Waals surface area contributed by atoms with Crippen molar-refractivity contribution in [2.45, 2.75) is 26.2 Å². The van der Waals surface area contributed by atoms with Gasteiger partial charge in [0.05, 0.1) is 24.8 Å². The number of aromatic nitrogens is 1. The van der Waals surface area contributed by atoms with E-state index in [9.17, 15) is 9.59 Å². The molecule has 0 fully saturated rings. The Hall–Kier alpha value is -1.54. The summed E-state index contributed by atoms with van der Waals surface area (Å²) in [6.45, 7) is 2.56. The Morgan fingerprint density at radius 1 is 1.15 bits per heavy atom. The monoisotopic (exact) mass is 424 g/mol. The number of thiazole rings is 1. The van der Waals surface area contributed by atoms with Crippen LogP contribution in [0.1, 0.15) is 32.4 Å². The predicted molar refractivity (Wildman–Crippen MR) is 110 cm³/mol. The zero-order valence-electron chi connectivity index (χ0n) is 14.1. The standard InChI is InChI=1S/C18H17ClN2O2S3/c1-11-21-13(10-24-11)15-4-2-12(25-15)8-9-20-18(23)7-3-14(22)16-5-6-17(19)26-16/h2,4-6,10H,3,7-9H2,1H3,(H,20,23). The Morgan fingerprint density at radius 3 is 2.69 bits per heavy atom. The Labute approximate surface area is 168 Å². The second-order valence-electron chi connectivity index (χ2n) is 5.64. The van der Waals surface area contributed by atoms with Gasteiger partial charge < -0.3 is 5.32 Å². The van der Waals surface area contributed by atoms with Crippen molar-refractivity contribution >= 4 is 57.3 Å². The summed E-state index contributed by atoms with van der Waals surface area (Å²) in [6.07, 6.45) is 1.17. The molecule has 3 aromatic heterocycles. The Kier molecular flexibility index (Phi) is 6.58. The van der Waals surface area contributed by atoms with E-state index in [-0.39, 0.29) is 24.5 Å². The third kappa shape index (κ3) is 5.23. The second kappa shape index (κ2) is 8.90. The smallest absolute Gasteiger partial charge is 0.220 e. The number of nitrogens with one attached hydrogen (secondary N) is 1. The topological polar surface area (TPSA) is 59.1 Å². The maximum Gasteiger partial charge on any atom is 0.220 e. The van der Waals surface area contributed by atoms with Gasteiger partial charge in [-0.2, -0.15) is 0 Å². The maximum absolute atomic E-state index is 12.0. The van der Waals surface area contributed by atoms with Crippen LogP contribution < -0.4 is 5.32 Å². The van der Waals surface area contributed by atoms with Crippen LogP contribution in [0.15, 0.2) is 29.6 Å². The molecular formula is C18H17ClN2O2S3. The predicted octanol–water partition coefficient (Wildman–Crippen LogP) is 5.22. The Morgan fingerprint density at radius 2 is 2.00 bits per heavy atom. The molecular weight excluding hydrogens is 408 g/mol. The molecule has 8 heteroatoms. The molecule has 0 aliphatic carbocycles. The maximum atomic E-state index is 12.0. The normalized spacial score (nSPS) is 10.8. The van der Waals surface area contributed by atoms with Crippen molar-refractivity contribution in [3.8, 4) is 10.6 Å². The van der Waals surface area contributed by atoms with Gasteiger partial charge in [-0.25, -0.2) is 4.98 Å².